The molecule has 0 aromatic heterocycles. The zero-order valence-corrected chi connectivity index (χ0v) is 63.9. The van der Waals surface area contributed by atoms with Gasteiger partial charge in [0.2, 0.25) is 0 Å². The van der Waals surface area contributed by atoms with Gasteiger partial charge in [-0.25, -0.2) is 9.13 Å². The minimum absolute atomic E-state index is 0.0880. The SMILES string of the molecule is CC/C=C\C/C=C\C/C=C\C/C=C\C/C=C\CCCCCC(=O)OCC(COP(=O)(O)OCC(O)COP(=O)(O)OCC(COC(=O)CCCCCCC/C=C\C/C=C\CCCCC)OC(=O)CCCCCCCCCCCCC)OC(=O)C/C=C\C/C=C\C/C=C\C/C=C\C/C=C\CC. The number of unbranched alkanes of at least 4 members (excludes halogenated alkanes) is 21. The summed E-state index contributed by atoms with van der Waals surface area (Å²) in [7, 11) is -10.00. The standard InChI is InChI=1S/C81H134O17P2/c1-5-9-13-17-21-25-29-32-35-36-37-38-41-43-47-50-54-58-62-66-79(84)92-72-77(98-81(86)68-64-60-56-52-48-44-40-34-31-27-23-19-15-11-7-3)74-96-100(89,90)94-70-75(82)69-93-99(87,88)95-73-76(97-80(85)67-63-59-55-51-45-28-24-20-16-12-8-4)71-91-78(83)65-61-57-53-49-46-42-39-33-30-26-22-18-14-10-6-2/h9,11,13,15,21-23,25-27,32-35,37-40,43,47-48,52,60,64,75-77,82H,5-8,10,12,14,16-20,24,28-31,36,41-42,44-46,49-51,53-59,61-63,65-74H2,1-4H3,(H,87,88)(H,89,90)/b13-9-,15-11-,25-21-,26-22-,27-23-,35-32-,38-37-,39-33-,40-34-,47-43-,52-48-,64-60-. The smallest absolute Gasteiger partial charge is 0.462 e. The Morgan fingerprint density at radius 3 is 0.920 bits per heavy atom. The van der Waals surface area contributed by atoms with E-state index < -0.39 is 97.5 Å². The van der Waals surface area contributed by atoms with Crippen LogP contribution in [0.4, 0.5) is 0 Å². The van der Waals surface area contributed by atoms with E-state index in [-0.39, 0.29) is 25.7 Å². The highest BCUT2D eigenvalue weighted by Gasteiger charge is 2.30. The highest BCUT2D eigenvalue weighted by Crippen LogP contribution is 2.45. The molecule has 0 rings (SSSR count). The van der Waals surface area contributed by atoms with Crippen LogP contribution in [0.25, 0.3) is 0 Å². The van der Waals surface area contributed by atoms with Crippen molar-refractivity contribution in [3.05, 3.63) is 146 Å². The summed E-state index contributed by atoms with van der Waals surface area (Å²) in [6.45, 7) is 4.43. The fourth-order valence-electron chi connectivity index (χ4n) is 9.59. The Balaban J connectivity index is 5.44. The number of allylic oxidation sites excluding steroid dienone is 23. The lowest BCUT2D eigenvalue weighted by atomic mass is 10.1. The Kier molecular flexibility index (Phi) is 68.6. The molecule has 0 aliphatic rings. The largest absolute Gasteiger partial charge is 0.472 e. The van der Waals surface area contributed by atoms with Crippen molar-refractivity contribution in [3.63, 3.8) is 0 Å². The lowest BCUT2D eigenvalue weighted by Crippen LogP contribution is -2.30. The third kappa shape index (κ3) is 71.3. The van der Waals surface area contributed by atoms with Crippen LogP contribution in [0.5, 0.6) is 0 Å². The van der Waals surface area contributed by atoms with Crippen LogP contribution in [0.2, 0.25) is 0 Å². The molecule has 0 spiro atoms. The molecule has 17 nitrogen and oxygen atoms in total. The lowest BCUT2D eigenvalue weighted by molar-refractivity contribution is -0.161. The first-order valence-electron chi connectivity index (χ1n) is 38.1. The Morgan fingerprint density at radius 2 is 0.560 bits per heavy atom. The first-order chi connectivity index (χ1) is 48.7. The Morgan fingerprint density at radius 1 is 0.300 bits per heavy atom. The molecule has 0 fully saturated rings. The summed E-state index contributed by atoms with van der Waals surface area (Å²) in [5.41, 5.74) is 0. The second kappa shape index (κ2) is 72.3. The van der Waals surface area contributed by atoms with Crippen molar-refractivity contribution >= 4 is 39.5 Å². The summed E-state index contributed by atoms with van der Waals surface area (Å²) < 4.78 is 68.3. The predicted octanol–water partition coefficient (Wildman–Crippen LogP) is 21.9. The van der Waals surface area contributed by atoms with Gasteiger partial charge in [-0.3, -0.25) is 37.3 Å². The molecule has 5 unspecified atom stereocenters. The Bertz CT molecular complexity index is 2470. The maximum Gasteiger partial charge on any atom is 0.472 e. The van der Waals surface area contributed by atoms with Gasteiger partial charge >= 0.3 is 39.5 Å². The van der Waals surface area contributed by atoms with Crippen LogP contribution in [-0.2, 0) is 65.4 Å². The third-order valence-corrected chi connectivity index (χ3v) is 17.2. The molecule has 0 heterocycles. The molecule has 0 aromatic carbocycles. The molecule has 0 amide bonds. The Labute approximate surface area is 605 Å². The molecule has 0 aliphatic heterocycles. The molecule has 5 atom stereocenters. The maximum absolute atomic E-state index is 13.1. The number of hydrogen-bond donors (Lipinski definition) is 3. The van der Waals surface area contributed by atoms with Gasteiger partial charge in [-0.05, 0) is 128 Å². The third-order valence-electron chi connectivity index (χ3n) is 15.3. The first-order valence-corrected chi connectivity index (χ1v) is 41.1. The number of rotatable bonds is 70. The first kappa shape index (κ1) is 94.9. The number of esters is 4. The van der Waals surface area contributed by atoms with E-state index in [1.165, 1.54) is 57.8 Å². The van der Waals surface area contributed by atoms with Gasteiger partial charge in [0, 0.05) is 19.3 Å². The predicted molar refractivity (Wildman–Crippen MR) is 408 cm³/mol. The molecule has 0 radical (unpaired) electrons. The van der Waals surface area contributed by atoms with E-state index in [0.717, 1.165) is 148 Å². The monoisotopic (exact) mass is 1440 g/mol. The summed E-state index contributed by atoms with van der Waals surface area (Å²) in [4.78, 5) is 72.7. The fourth-order valence-corrected chi connectivity index (χ4v) is 11.2. The van der Waals surface area contributed by atoms with Crippen LogP contribution in [0.1, 0.15) is 285 Å². The second-order valence-electron chi connectivity index (χ2n) is 24.8. The molecule has 19 heteroatoms. The number of ether oxygens (including phenoxy) is 4. The zero-order valence-electron chi connectivity index (χ0n) is 62.1. The van der Waals surface area contributed by atoms with Crippen molar-refractivity contribution in [2.45, 2.75) is 303 Å². The van der Waals surface area contributed by atoms with Gasteiger partial charge in [0.25, 0.3) is 0 Å². The van der Waals surface area contributed by atoms with E-state index in [1.807, 2.05) is 12.2 Å². The van der Waals surface area contributed by atoms with Gasteiger partial charge in [-0.2, -0.15) is 0 Å². The highest BCUT2D eigenvalue weighted by molar-refractivity contribution is 7.47. The second-order valence-corrected chi connectivity index (χ2v) is 27.8. The zero-order chi connectivity index (χ0) is 73.2. The van der Waals surface area contributed by atoms with E-state index in [9.17, 15) is 43.2 Å². The minimum Gasteiger partial charge on any atom is -0.462 e. The van der Waals surface area contributed by atoms with Crippen LogP contribution in [0.3, 0.4) is 0 Å². The number of hydrogen-bond acceptors (Lipinski definition) is 15. The van der Waals surface area contributed by atoms with Crippen LogP contribution in [0, 0.1) is 0 Å². The molecular formula is C81H134O17P2. The molecule has 0 saturated heterocycles. The summed E-state index contributed by atoms with van der Waals surface area (Å²) in [6, 6.07) is 0. The molecule has 0 aliphatic carbocycles. The topological polar surface area (TPSA) is 237 Å². The number of phosphoric acid groups is 2. The van der Waals surface area contributed by atoms with Gasteiger partial charge in [-0.1, -0.05) is 276 Å². The van der Waals surface area contributed by atoms with Crippen molar-refractivity contribution in [2.75, 3.05) is 39.6 Å². The number of carbonyl (C=O) groups is 4. The number of carbonyl (C=O) groups excluding carboxylic acids is 4. The maximum atomic E-state index is 13.1. The van der Waals surface area contributed by atoms with Gasteiger partial charge in [-0.15, -0.1) is 0 Å². The van der Waals surface area contributed by atoms with Crippen molar-refractivity contribution < 1.29 is 80.2 Å². The molecule has 3 N–H and O–H groups in total. The molecule has 570 valence electrons. The van der Waals surface area contributed by atoms with Gasteiger partial charge in [0.15, 0.2) is 12.2 Å². The van der Waals surface area contributed by atoms with Crippen LogP contribution in [0.15, 0.2) is 146 Å². The Hall–Kier alpha value is -5.06. The molecule has 0 bridgehead atoms. The molecule has 100 heavy (non-hydrogen) atoms. The van der Waals surface area contributed by atoms with Crippen LogP contribution < -0.4 is 0 Å². The highest BCUT2D eigenvalue weighted by atomic mass is 31.2. The van der Waals surface area contributed by atoms with Crippen LogP contribution >= 0.6 is 15.6 Å². The van der Waals surface area contributed by atoms with E-state index in [0.29, 0.717) is 25.7 Å². The summed E-state index contributed by atoms with van der Waals surface area (Å²) in [5, 5.41) is 10.6. The molecular weight excluding hydrogens is 1310 g/mol. The van der Waals surface area contributed by atoms with E-state index in [4.69, 9.17) is 37.0 Å². The number of phosphoric ester groups is 2. The van der Waals surface area contributed by atoms with Gasteiger partial charge in [0.05, 0.1) is 32.8 Å². The van der Waals surface area contributed by atoms with Gasteiger partial charge < -0.3 is 33.8 Å². The fraction of sp³-hybridized carbons (Fsp3) is 0.654. The number of aliphatic hydroxyl groups is 1. The molecule has 0 aromatic rings. The summed E-state index contributed by atoms with van der Waals surface area (Å²) in [6.07, 6.45) is 81.6. The average molecular weight is 1440 g/mol. The van der Waals surface area contributed by atoms with E-state index in [1.54, 1.807) is 12.2 Å². The van der Waals surface area contributed by atoms with Crippen molar-refractivity contribution in [1.29, 1.82) is 0 Å². The van der Waals surface area contributed by atoms with Crippen LogP contribution in [-0.4, -0.2) is 96.7 Å². The van der Waals surface area contributed by atoms with Gasteiger partial charge in [0.1, 0.15) is 19.3 Å². The summed E-state index contributed by atoms with van der Waals surface area (Å²) in [5.74, 6) is -2.38. The van der Waals surface area contributed by atoms with E-state index in [2.05, 4.69) is 149 Å². The van der Waals surface area contributed by atoms with Crippen molar-refractivity contribution in [2.24, 2.45) is 0 Å². The lowest BCUT2D eigenvalue weighted by Gasteiger charge is -2.21. The minimum atomic E-state index is -5.01. The summed E-state index contributed by atoms with van der Waals surface area (Å²) >= 11 is 0. The number of aliphatic hydroxyl groups excluding tert-OH is 1. The van der Waals surface area contributed by atoms with E-state index >= 15 is 0 Å². The van der Waals surface area contributed by atoms with Crippen molar-refractivity contribution in [1.82, 2.24) is 0 Å². The molecule has 0 saturated carbocycles. The normalized spacial score (nSPS) is 14.8. The quantitative estimate of drug-likeness (QED) is 0.0169. The average Bonchev–Trinajstić information content (AvgIpc) is 0.985. The van der Waals surface area contributed by atoms with Crippen molar-refractivity contribution in [3.8, 4) is 0 Å².